The largest absolute Gasteiger partial charge is 0.326 e. The van der Waals surface area contributed by atoms with Crippen molar-refractivity contribution >= 4 is 0 Å². The Morgan fingerprint density at radius 1 is 1.29 bits per heavy atom. The average molecular weight is 289 g/mol. The van der Waals surface area contributed by atoms with Crippen LogP contribution in [0.2, 0.25) is 0 Å². The maximum absolute atomic E-state index is 6.50. The van der Waals surface area contributed by atoms with Gasteiger partial charge < -0.3 is 10.6 Å². The molecule has 1 aromatic rings. The molecule has 0 amide bonds. The predicted molar refractivity (Wildman–Crippen MR) is 90.5 cm³/mol. The Bertz CT molecular complexity index is 427. The number of likely N-dealkylation sites (tertiary alicyclic amines) is 1. The van der Waals surface area contributed by atoms with E-state index < -0.39 is 0 Å². The number of nitrogens with zero attached hydrogens (tertiary/aromatic N) is 2. The smallest absolute Gasteiger partial charge is 0.0502 e. The summed E-state index contributed by atoms with van der Waals surface area (Å²) in [5, 5.41) is 0. The summed E-state index contributed by atoms with van der Waals surface area (Å²) in [5.74, 6) is 0. The van der Waals surface area contributed by atoms with E-state index in [0.717, 1.165) is 13.0 Å². The molecule has 0 aromatic heterocycles. The molecule has 3 nitrogen and oxygen atoms in total. The van der Waals surface area contributed by atoms with Crippen molar-refractivity contribution in [2.24, 2.45) is 5.73 Å². The first kappa shape index (κ1) is 16.5. The van der Waals surface area contributed by atoms with Crippen LogP contribution < -0.4 is 5.73 Å². The van der Waals surface area contributed by atoms with Crippen LogP contribution in [-0.2, 0) is 0 Å². The molecule has 1 aliphatic rings. The van der Waals surface area contributed by atoms with Gasteiger partial charge in [0.1, 0.15) is 0 Å². The molecule has 3 atom stereocenters. The highest BCUT2D eigenvalue weighted by Gasteiger charge is 2.34. The molecule has 1 fully saturated rings. The number of hydrogen-bond acceptors (Lipinski definition) is 3. The first-order chi connectivity index (χ1) is 10.0. The van der Waals surface area contributed by atoms with Crippen molar-refractivity contribution < 1.29 is 0 Å². The number of nitrogens with two attached hydrogens (primary N) is 1. The Balaban J connectivity index is 2.24. The van der Waals surface area contributed by atoms with Gasteiger partial charge in [-0.15, -0.1) is 0 Å². The lowest BCUT2D eigenvalue weighted by atomic mass is 9.95. The lowest BCUT2D eigenvalue weighted by Gasteiger charge is -2.38. The van der Waals surface area contributed by atoms with E-state index in [1.54, 1.807) is 0 Å². The fraction of sp³-hybridized carbons (Fsp3) is 0.667. The lowest BCUT2D eigenvalue weighted by Crippen LogP contribution is -2.46. The zero-order valence-corrected chi connectivity index (χ0v) is 14.0. The lowest BCUT2D eigenvalue weighted by molar-refractivity contribution is 0.132. The SMILES string of the molecule is CCC(N)C(c1ccc(C)cc1)N1CCCC1CN(C)C. The van der Waals surface area contributed by atoms with Gasteiger partial charge >= 0.3 is 0 Å². The Kier molecular flexibility index (Phi) is 5.80. The molecular weight excluding hydrogens is 258 g/mol. The molecule has 2 rings (SSSR count). The molecule has 21 heavy (non-hydrogen) atoms. The highest BCUT2D eigenvalue weighted by atomic mass is 15.3. The van der Waals surface area contributed by atoms with Crippen LogP contribution in [0.4, 0.5) is 0 Å². The summed E-state index contributed by atoms with van der Waals surface area (Å²) >= 11 is 0. The van der Waals surface area contributed by atoms with Gasteiger partial charge in [0.25, 0.3) is 0 Å². The molecule has 1 aliphatic heterocycles. The van der Waals surface area contributed by atoms with Gasteiger partial charge in [-0.05, 0) is 52.4 Å². The molecule has 0 bridgehead atoms. The van der Waals surface area contributed by atoms with Crippen LogP contribution >= 0.6 is 0 Å². The number of hydrogen-bond donors (Lipinski definition) is 1. The minimum absolute atomic E-state index is 0.204. The van der Waals surface area contributed by atoms with Crippen molar-refractivity contribution in [2.45, 2.75) is 51.2 Å². The molecule has 118 valence electrons. The van der Waals surface area contributed by atoms with Gasteiger partial charge in [-0.25, -0.2) is 0 Å². The second-order valence-corrected chi connectivity index (χ2v) is 6.72. The molecule has 2 N–H and O–H groups in total. The fourth-order valence-corrected chi connectivity index (χ4v) is 3.51. The van der Waals surface area contributed by atoms with Crippen molar-refractivity contribution in [2.75, 3.05) is 27.2 Å². The highest BCUT2D eigenvalue weighted by Crippen LogP contribution is 2.32. The van der Waals surface area contributed by atoms with Crippen LogP contribution in [0.5, 0.6) is 0 Å². The van der Waals surface area contributed by atoms with E-state index in [-0.39, 0.29) is 6.04 Å². The standard InChI is InChI=1S/C18H31N3/c1-5-17(19)18(15-10-8-14(2)9-11-15)21-12-6-7-16(21)13-20(3)4/h8-11,16-18H,5-7,12-13,19H2,1-4H3. The summed E-state index contributed by atoms with van der Waals surface area (Å²) in [5.41, 5.74) is 9.19. The van der Waals surface area contributed by atoms with Gasteiger partial charge in [-0.1, -0.05) is 36.8 Å². The third-order valence-corrected chi connectivity index (χ3v) is 4.65. The number of benzene rings is 1. The maximum Gasteiger partial charge on any atom is 0.0502 e. The second kappa shape index (κ2) is 7.39. The first-order valence-corrected chi connectivity index (χ1v) is 8.25. The zero-order valence-electron chi connectivity index (χ0n) is 14.0. The zero-order chi connectivity index (χ0) is 15.4. The minimum Gasteiger partial charge on any atom is -0.326 e. The van der Waals surface area contributed by atoms with Crippen molar-refractivity contribution in [3.8, 4) is 0 Å². The summed E-state index contributed by atoms with van der Waals surface area (Å²) in [7, 11) is 4.33. The normalized spacial score (nSPS) is 22.7. The Morgan fingerprint density at radius 2 is 1.95 bits per heavy atom. The fourth-order valence-electron chi connectivity index (χ4n) is 3.51. The predicted octanol–water partition coefficient (Wildman–Crippen LogP) is 2.80. The third-order valence-electron chi connectivity index (χ3n) is 4.65. The van der Waals surface area contributed by atoms with Gasteiger partial charge in [0.05, 0.1) is 6.04 Å². The van der Waals surface area contributed by atoms with Crippen molar-refractivity contribution in [1.82, 2.24) is 9.80 Å². The molecule has 1 heterocycles. The number of likely N-dealkylation sites (N-methyl/N-ethyl adjacent to an activating group) is 1. The Hall–Kier alpha value is -0.900. The quantitative estimate of drug-likeness (QED) is 0.874. The maximum atomic E-state index is 6.50. The van der Waals surface area contributed by atoms with Crippen molar-refractivity contribution in [3.05, 3.63) is 35.4 Å². The van der Waals surface area contributed by atoms with Gasteiger partial charge in [0.2, 0.25) is 0 Å². The van der Waals surface area contributed by atoms with Crippen LogP contribution in [0.15, 0.2) is 24.3 Å². The van der Waals surface area contributed by atoms with Gasteiger partial charge in [-0.3, -0.25) is 4.90 Å². The van der Waals surface area contributed by atoms with E-state index in [1.807, 2.05) is 0 Å². The topological polar surface area (TPSA) is 32.5 Å². The molecule has 0 radical (unpaired) electrons. The van der Waals surface area contributed by atoms with E-state index in [4.69, 9.17) is 5.73 Å². The van der Waals surface area contributed by atoms with Crippen LogP contribution in [-0.4, -0.2) is 49.1 Å². The second-order valence-electron chi connectivity index (χ2n) is 6.72. The Labute approximate surface area is 130 Å². The van der Waals surface area contributed by atoms with Crippen molar-refractivity contribution in [3.63, 3.8) is 0 Å². The molecule has 3 heteroatoms. The van der Waals surface area contributed by atoms with E-state index in [0.29, 0.717) is 12.1 Å². The van der Waals surface area contributed by atoms with E-state index in [1.165, 1.54) is 30.5 Å². The van der Waals surface area contributed by atoms with Gasteiger partial charge in [0, 0.05) is 18.6 Å². The molecule has 1 saturated heterocycles. The summed E-state index contributed by atoms with van der Waals surface area (Å²) in [6.45, 7) is 6.63. The van der Waals surface area contributed by atoms with E-state index in [2.05, 4.69) is 62.0 Å². The molecular formula is C18H31N3. The molecule has 0 aliphatic carbocycles. The number of aryl methyl sites for hydroxylation is 1. The third kappa shape index (κ3) is 4.06. The monoisotopic (exact) mass is 289 g/mol. The number of rotatable bonds is 6. The summed E-state index contributed by atoms with van der Waals surface area (Å²) in [6.07, 6.45) is 3.60. The van der Waals surface area contributed by atoms with Crippen LogP contribution in [0, 0.1) is 6.92 Å². The van der Waals surface area contributed by atoms with E-state index >= 15 is 0 Å². The Morgan fingerprint density at radius 3 is 2.52 bits per heavy atom. The highest BCUT2D eigenvalue weighted by molar-refractivity contribution is 5.26. The minimum atomic E-state index is 0.204. The van der Waals surface area contributed by atoms with E-state index in [9.17, 15) is 0 Å². The summed E-state index contributed by atoms with van der Waals surface area (Å²) < 4.78 is 0. The summed E-state index contributed by atoms with van der Waals surface area (Å²) in [4.78, 5) is 4.95. The first-order valence-electron chi connectivity index (χ1n) is 8.25. The van der Waals surface area contributed by atoms with Crippen LogP contribution in [0.25, 0.3) is 0 Å². The van der Waals surface area contributed by atoms with Crippen LogP contribution in [0.1, 0.15) is 43.4 Å². The molecule has 1 aromatic carbocycles. The summed E-state index contributed by atoms with van der Waals surface area (Å²) in [6, 6.07) is 10.1. The molecule has 0 saturated carbocycles. The average Bonchev–Trinajstić information content (AvgIpc) is 2.88. The van der Waals surface area contributed by atoms with Crippen molar-refractivity contribution in [1.29, 1.82) is 0 Å². The molecule has 3 unspecified atom stereocenters. The van der Waals surface area contributed by atoms with Gasteiger partial charge in [-0.2, -0.15) is 0 Å². The molecule has 0 spiro atoms. The van der Waals surface area contributed by atoms with Gasteiger partial charge in [0.15, 0.2) is 0 Å². The van der Waals surface area contributed by atoms with Crippen LogP contribution in [0.3, 0.4) is 0 Å².